The molecule has 0 aromatic heterocycles. The summed E-state index contributed by atoms with van der Waals surface area (Å²) in [5, 5.41) is 22.6. The maximum atomic E-state index is 12.2. The van der Waals surface area contributed by atoms with Gasteiger partial charge in [0.15, 0.2) is 0 Å². The minimum absolute atomic E-state index is 0.0159. The Morgan fingerprint density at radius 2 is 1.57 bits per heavy atom. The molecule has 0 aliphatic heterocycles. The van der Waals surface area contributed by atoms with Crippen LogP contribution in [-0.2, 0) is 24.3 Å². The standard InChI is InChI=1S/C30H34N2O5/c1-30(2,3)37-28(34)31-17-21-13-12-20(16-22(21)19-33)14-15-32(29(35)36)18-27-25-10-6-4-8-23(25)24-9-5-7-11-26(24)27/h4-13,16,27,33H,14-15,17-19H2,1-3H3,(H,31,34)(H,35,36). The SMILES string of the molecule is CC(C)(C)OC(=O)NCc1ccc(CCN(CC2c3ccccc3-c3ccccc32)C(=O)O)cc1CO. The lowest BCUT2D eigenvalue weighted by Crippen LogP contribution is -2.35. The van der Waals surface area contributed by atoms with E-state index in [0.29, 0.717) is 25.1 Å². The van der Waals surface area contributed by atoms with Gasteiger partial charge in [-0.2, -0.15) is 0 Å². The molecule has 194 valence electrons. The minimum atomic E-state index is -0.956. The Morgan fingerprint density at radius 1 is 0.946 bits per heavy atom. The van der Waals surface area contributed by atoms with Crippen molar-refractivity contribution in [3.8, 4) is 11.1 Å². The second kappa shape index (κ2) is 11.0. The number of aliphatic hydroxyl groups is 1. The Kier molecular flexibility index (Phi) is 7.83. The number of hydrogen-bond acceptors (Lipinski definition) is 4. The van der Waals surface area contributed by atoms with Crippen molar-refractivity contribution in [1.82, 2.24) is 10.2 Å². The number of hydrogen-bond donors (Lipinski definition) is 3. The smallest absolute Gasteiger partial charge is 0.407 e. The van der Waals surface area contributed by atoms with E-state index in [4.69, 9.17) is 4.74 Å². The maximum absolute atomic E-state index is 12.2. The highest BCUT2D eigenvalue weighted by atomic mass is 16.6. The van der Waals surface area contributed by atoms with Gasteiger partial charge in [-0.1, -0.05) is 66.7 Å². The number of rotatable bonds is 8. The lowest BCUT2D eigenvalue weighted by molar-refractivity contribution is 0.0523. The van der Waals surface area contributed by atoms with Crippen molar-refractivity contribution in [1.29, 1.82) is 0 Å². The molecule has 0 saturated carbocycles. The monoisotopic (exact) mass is 502 g/mol. The number of fused-ring (bicyclic) bond motifs is 3. The molecule has 37 heavy (non-hydrogen) atoms. The second-order valence-electron chi connectivity index (χ2n) is 10.3. The van der Waals surface area contributed by atoms with Gasteiger partial charge in [-0.15, -0.1) is 0 Å². The summed E-state index contributed by atoms with van der Waals surface area (Å²) >= 11 is 0. The molecule has 3 N–H and O–H groups in total. The molecule has 7 heteroatoms. The van der Waals surface area contributed by atoms with E-state index < -0.39 is 17.8 Å². The molecule has 0 heterocycles. The molecule has 1 aliphatic carbocycles. The van der Waals surface area contributed by atoms with Crippen LogP contribution in [0, 0.1) is 0 Å². The number of carbonyl (C=O) groups is 2. The summed E-state index contributed by atoms with van der Waals surface area (Å²) in [4.78, 5) is 25.6. The predicted octanol–water partition coefficient (Wildman–Crippen LogP) is 5.54. The molecule has 7 nitrogen and oxygen atoms in total. The average Bonchev–Trinajstić information content (AvgIpc) is 3.18. The van der Waals surface area contributed by atoms with E-state index in [0.717, 1.165) is 33.4 Å². The first kappa shape index (κ1) is 26.2. The third-order valence-electron chi connectivity index (χ3n) is 6.57. The van der Waals surface area contributed by atoms with E-state index in [1.54, 1.807) is 20.8 Å². The van der Waals surface area contributed by atoms with Gasteiger partial charge >= 0.3 is 12.2 Å². The first-order chi connectivity index (χ1) is 17.7. The lowest BCUT2D eigenvalue weighted by atomic mass is 9.96. The van der Waals surface area contributed by atoms with E-state index in [-0.39, 0.29) is 19.1 Å². The molecule has 0 saturated heterocycles. The van der Waals surface area contributed by atoms with Crippen LogP contribution in [0.4, 0.5) is 9.59 Å². The van der Waals surface area contributed by atoms with Crippen LogP contribution in [0.15, 0.2) is 66.7 Å². The fraction of sp³-hybridized carbons (Fsp3) is 0.333. The highest BCUT2D eigenvalue weighted by molar-refractivity contribution is 5.79. The first-order valence-electron chi connectivity index (χ1n) is 12.5. The highest BCUT2D eigenvalue weighted by Gasteiger charge is 2.30. The summed E-state index contributed by atoms with van der Waals surface area (Å²) in [6.07, 6.45) is -0.968. The Labute approximate surface area is 217 Å². The molecule has 0 fully saturated rings. The van der Waals surface area contributed by atoms with E-state index in [2.05, 4.69) is 29.6 Å². The third-order valence-corrected chi connectivity index (χ3v) is 6.57. The average molecular weight is 503 g/mol. The number of nitrogens with zero attached hydrogens (tertiary/aromatic N) is 1. The molecule has 1 aliphatic rings. The number of amides is 2. The predicted molar refractivity (Wildman–Crippen MR) is 142 cm³/mol. The molecule has 2 amide bonds. The number of nitrogens with one attached hydrogen (secondary N) is 1. The van der Waals surface area contributed by atoms with Crippen molar-refractivity contribution in [3.63, 3.8) is 0 Å². The highest BCUT2D eigenvalue weighted by Crippen LogP contribution is 2.44. The van der Waals surface area contributed by atoms with Crippen molar-refractivity contribution in [2.24, 2.45) is 0 Å². The third kappa shape index (κ3) is 6.30. The molecule has 0 unspecified atom stereocenters. The molecular formula is C30H34N2O5. The van der Waals surface area contributed by atoms with E-state index >= 15 is 0 Å². The van der Waals surface area contributed by atoms with Crippen LogP contribution in [0.2, 0.25) is 0 Å². The van der Waals surface area contributed by atoms with Crippen molar-refractivity contribution in [2.75, 3.05) is 13.1 Å². The minimum Gasteiger partial charge on any atom is -0.465 e. The number of carboxylic acid groups (broad SMARTS) is 1. The number of aliphatic hydroxyl groups excluding tert-OH is 1. The summed E-state index contributed by atoms with van der Waals surface area (Å²) in [5.74, 6) is -0.0159. The van der Waals surface area contributed by atoms with Crippen LogP contribution in [-0.4, -0.2) is 46.0 Å². The zero-order valence-electron chi connectivity index (χ0n) is 21.5. The van der Waals surface area contributed by atoms with Crippen LogP contribution >= 0.6 is 0 Å². The molecule has 3 aromatic rings. The van der Waals surface area contributed by atoms with Gasteiger partial charge in [0.25, 0.3) is 0 Å². The fourth-order valence-corrected chi connectivity index (χ4v) is 4.84. The van der Waals surface area contributed by atoms with Crippen LogP contribution in [0.5, 0.6) is 0 Å². The molecule has 0 spiro atoms. The molecular weight excluding hydrogens is 468 g/mol. The fourth-order valence-electron chi connectivity index (χ4n) is 4.84. The van der Waals surface area contributed by atoms with Crippen LogP contribution in [0.1, 0.15) is 54.5 Å². The Morgan fingerprint density at radius 3 is 2.14 bits per heavy atom. The summed E-state index contributed by atoms with van der Waals surface area (Å²) in [5.41, 5.74) is 6.43. The van der Waals surface area contributed by atoms with Crippen LogP contribution in [0.25, 0.3) is 11.1 Å². The molecule has 0 bridgehead atoms. The normalized spacial score (nSPS) is 12.5. The number of carbonyl (C=O) groups excluding carboxylic acids is 1. The number of benzene rings is 3. The van der Waals surface area contributed by atoms with Crippen molar-refractivity contribution < 1.29 is 24.5 Å². The van der Waals surface area contributed by atoms with Crippen molar-refractivity contribution >= 4 is 12.2 Å². The molecule has 0 atom stereocenters. The zero-order valence-corrected chi connectivity index (χ0v) is 21.5. The lowest BCUT2D eigenvalue weighted by Gasteiger charge is -2.24. The summed E-state index contributed by atoms with van der Waals surface area (Å²) < 4.78 is 5.27. The first-order valence-corrected chi connectivity index (χ1v) is 12.5. The largest absolute Gasteiger partial charge is 0.465 e. The van der Waals surface area contributed by atoms with Gasteiger partial charge in [-0.3, -0.25) is 0 Å². The Bertz CT molecular complexity index is 1240. The topological polar surface area (TPSA) is 99.1 Å². The van der Waals surface area contributed by atoms with Crippen LogP contribution < -0.4 is 5.32 Å². The van der Waals surface area contributed by atoms with Crippen LogP contribution in [0.3, 0.4) is 0 Å². The van der Waals surface area contributed by atoms with Gasteiger partial charge in [0.1, 0.15) is 5.60 Å². The van der Waals surface area contributed by atoms with Gasteiger partial charge in [0.05, 0.1) is 6.61 Å². The van der Waals surface area contributed by atoms with Gasteiger partial charge in [0.2, 0.25) is 0 Å². The quantitative estimate of drug-likeness (QED) is 0.376. The summed E-state index contributed by atoms with van der Waals surface area (Å²) in [6, 6.07) is 22.0. The Balaban J connectivity index is 1.43. The summed E-state index contributed by atoms with van der Waals surface area (Å²) in [6.45, 7) is 6.14. The Hall–Kier alpha value is -3.84. The summed E-state index contributed by atoms with van der Waals surface area (Å²) in [7, 11) is 0. The van der Waals surface area contributed by atoms with Crippen molar-refractivity contribution in [3.05, 3.63) is 94.5 Å². The molecule has 3 aromatic carbocycles. The number of ether oxygens (including phenoxy) is 1. The van der Waals surface area contributed by atoms with Crippen molar-refractivity contribution in [2.45, 2.75) is 51.9 Å². The van der Waals surface area contributed by atoms with Gasteiger partial charge in [0, 0.05) is 25.6 Å². The molecule has 0 radical (unpaired) electrons. The maximum Gasteiger partial charge on any atom is 0.407 e. The van der Waals surface area contributed by atoms with Gasteiger partial charge in [-0.05, 0) is 66.1 Å². The van der Waals surface area contributed by atoms with E-state index in [1.807, 2.05) is 42.5 Å². The van der Waals surface area contributed by atoms with E-state index in [9.17, 15) is 19.8 Å². The van der Waals surface area contributed by atoms with Gasteiger partial charge in [-0.25, -0.2) is 9.59 Å². The van der Waals surface area contributed by atoms with Gasteiger partial charge < -0.3 is 25.2 Å². The zero-order chi connectivity index (χ0) is 26.6. The van der Waals surface area contributed by atoms with E-state index in [1.165, 1.54) is 4.90 Å². The number of alkyl carbamates (subject to hydrolysis) is 1. The second-order valence-corrected chi connectivity index (χ2v) is 10.3. The molecule has 4 rings (SSSR count).